The fourth-order valence-electron chi connectivity index (χ4n) is 7.65. The van der Waals surface area contributed by atoms with Crippen LogP contribution in [0.3, 0.4) is 0 Å². The number of carbonyl (C=O) groups is 1. The minimum Gasteiger partial charge on any atom is -0.504 e. The summed E-state index contributed by atoms with van der Waals surface area (Å²) in [7, 11) is 1.67. The summed E-state index contributed by atoms with van der Waals surface area (Å²) in [5.74, 6) is -0.315. The molecule has 2 fully saturated rings. The van der Waals surface area contributed by atoms with Gasteiger partial charge in [-0.25, -0.2) is 0 Å². The average Bonchev–Trinajstić information content (AvgIpc) is 3.25. The Morgan fingerprint density at radius 2 is 2.10 bits per heavy atom. The third kappa shape index (κ3) is 3.91. The molecule has 1 saturated heterocycles. The Hall–Kier alpha value is -3.50. The molecule has 0 unspecified atom stereocenters. The van der Waals surface area contributed by atoms with Crippen LogP contribution in [0.5, 0.6) is 17.2 Å². The molecule has 7 nitrogen and oxygen atoms in total. The number of ether oxygens (including phenoxy) is 2. The zero-order chi connectivity index (χ0) is 28.4. The number of hydrogen-bond acceptors (Lipinski definition) is 6. The number of amides is 1. The molecule has 212 valence electrons. The number of phenolic OH excluding ortho intramolecular Hbond substituents is 1. The maximum atomic E-state index is 13.3. The summed E-state index contributed by atoms with van der Waals surface area (Å²) >= 11 is 0. The van der Waals surface area contributed by atoms with Crippen LogP contribution in [0.25, 0.3) is 6.08 Å². The number of alkyl halides is 3. The van der Waals surface area contributed by atoms with E-state index in [2.05, 4.69) is 16.2 Å². The van der Waals surface area contributed by atoms with E-state index in [1.165, 1.54) is 30.4 Å². The fourth-order valence-corrected chi connectivity index (χ4v) is 7.65. The van der Waals surface area contributed by atoms with Gasteiger partial charge in [-0.2, -0.15) is 0 Å². The van der Waals surface area contributed by atoms with Crippen molar-refractivity contribution in [3.8, 4) is 17.2 Å². The third-order valence-corrected chi connectivity index (χ3v) is 9.26. The first-order valence-electron chi connectivity index (χ1n) is 13.4. The number of rotatable bonds is 6. The van der Waals surface area contributed by atoms with Gasteiger partial charge in [0.1, 0.15) is 11.9 Å². The molecule has 5 atom stereocenters. The van der Waals surface area contributed by atoms with Gasteiger partial charge in [-0.3, -0.25) is 9.69 Å². The van der Waals surface area contributed by atoms with Crippen LogP contribution in [0.4, 0.5) is 13.2 Å². The lowest BCUT2D eigenvalue weighted by atomic mass is 9.48. The van der Waals surface area contributed by atoms with Crippen molar-refractivity contribution >= 4 is 12.0 Å². The predicted molar refractivity (Wildman–Crippen MR) is 141 cm³/mol. The second-order valence-electron chi connectivity index (χ2n) is 11.1. The number of piperidine rings is 1. The quantitative estimate of drug-likeness (QED) is 0.411. The van der Waals surface area contributed by atoms with Crippen molar-refractivity contribution in [2.24, 2.45) is 0 Å². The number of aliphatic hydroxyl groups is 1. The van der Waals surface area contributed by atoms with Crippen molar-refractivity contribution in [2.45, 2.75) is 61.2 Å². The van der Waals surface area contributed by atoms with E-state index in [1.54, 1.807) is 24.1 Å². The lowest BCUT2D eigenvalue weighted by Crippen LogP contribution is -2.78. The number of hydrogen-bond donors (Lipinski definition) is 2. The van der Waals surface area contributed by atoms with Crippen LogP contribution in [-0.2, 0) is 16.6 Å². The highest BCUT2D eigenvalue weighted by Gasteiger charge is 2.73. The summed E-state index contributed by atoms with van der Waals surface area (Å²) in [6.45, 7) is 5.26. The zero-order valence-corrected chi connectivity index (χ0v) is 22.0. The first-order chi connectivity index (χ1) is 19.0. The van der Waals surface area contributed by atoms with E-state index < -0.39 is 29.5 Å². The Labute approximate surface area is 230 Å². The highest BCUT2D eigenvalue weighted by Crippen LogP contribution is 2.65. The molecule has 40 heavy (non-hydrogen) atoms. The molecule has 10 heteroatoms. The average molecular weight is 557 g/mol. The number of likely N-dealkylation sites (N-methyl/N-ethyl adjacent to an activating group) is 1. The zero-order valence-electron chi connectivity index (χ0n) is 22.0. The molecule has 2 aromatic carbocycles. The number of carbonyl (C=O) groups excluding carboxylic acids is 1. The van der Waals surface area contributed by atoms with E-state index in [4.69, 9.17) is 4.74 Å². The second kappa shape index (κ2) is 9.27. The molecule has 1 saturated carbocycles. The minimum absolute atomic E-state index is 0.0189. The Bertz CT molecular complexity index is 1390. The SMILES string of the molecule is C=CCN1CC[C@]23c4c5ccc(O)c4O[C@H]2[C@@H](N(C)C(=O)C=Cc2cccc(OC(F)(F)F)c2)CC[C@@]3(O)[C@H]1C5. The first-order valence-corrected chi connectivity index (χ1v) is 13.4. The summed E-state index contributed by atoms with van der Waals surface area (Å²) in [6, 6.07) is 8.37. The molecule has 2 aromatic rings. The van der Waals surface area contributed by atoms with Gasteiger partial charge in [-0.15, -0.1) is 19.8 Å². The number of benzene rings is 2. The molecule has 2 aliphatic heterocycles. The van der Waals surface area contributed by atoms with E-state index >= 15 is 0 Å². The van der Waals surface area contributed by atoms with Gasteiger partial charge in [-0.05, 0) is 67.6 Å². The molecule has 2 N–H and O–H groups in total. The lowest BCUT2D eigenvalue weighted by molar-refractivity contribution is -0.274. The number of aromatic hydroxyl groups is 1. The number of nitrogens with zero attached hydrogens (tertiary/aromatic N) is 2. The molecule has 1 amide bonds. The van der Waals surface area contributed by atoms with Crippen LogP contribution >= 0.6 is 0 Å². The Morgan fingerprint density at radius 1 is 1.30 bits per heavy atom. The largest absolute Gasteiger partial charge is 0.573 e. The molecular weight excluding hydrogens is 525 g/mol. The Kier molecular flexibility index (Phi) is 6.19. The Morgan fingerprint density at radius 3 is 2.85 bits per heavy atom. The summed E-state index contributed by atoms with van der Waals surface area (Å²) in [5, 5.41) is 23.2. The van der Waals surface area contributed by atoms with Gasteiger partial charge in [0.25, 0.3) is 0 Å². The van der Waals surface area contributed by atoms with Crippen molar-refractivity contribution < 1.29 is 37.7 Å². The summed E-state index contributed by atoms with van der Waals surface area (Å²) < 4.78 is 48.3. The highest BCUT2D eigenvalue weighted by molar-refractivity contribution is 5.92. The maximum Gasteiger partial charge on any atom is 0.573 e. The van der Waals surface area contributed by atoms with Gasteiger partial charge >= 0.3 is 6.36 Å². The standard InChI is InChI=1S/C30H31F3N2O5/c1-3-14-35-15-13-28-25-19-8-9-22(36)26(25)39-27(28)21(11-12-29(28,38)23(35)17-19)34(2)24(37)10-7-18-5-4-6-20(16-18)40-30(31,32)33/h3-10,16,21,23,27,36,38H,1,11-15,17H2,2H3/t21-,23+,27-,28-,29+/m0/s1. The van der Waals surface area contributed by atoms with Crippen molar-refractivity contribution in [1.82, 2.24) is 9.80 Å². The van der Waals surface area contributed by atoms with Crippen LogP contribution in [0.15, 0.2) is 55.1 Å². The van der Waals surface area contributed by atoms with Gasteiger partial charge in [0.05, 0.1) is 17.1 Å². The van der Waals surface area contributed by atoms with Gasteiger partial charge < -0.3 is 24.6 Å². The van der Waals surface area contributed by atoms with Crippen molar-refractivity contribution in [3.63, 3.8) is 0 Å². The maximum absolute atomic E-state index is 13.3. The van der Waals surface area contributed by atoms with E-state index in [1.807, 2.05) is 12.1 Å². The van der Waals surface area contributed by atoms with Gasteiger partial charge in [0.2, 0.25) is 5.91 Å². The Balaban J connectivity index is 1.31. The summed E-state index contributed by atoms with van der Waals surface area (Å²) in [5.41, 5.74) is 0.372. The topological polar surface area (TPSA) is 82.5 Å². The second-order valence-corrected chi connectivity index (χ2v) is 11.1. The number of phenols is 1. The van der Waals surface area contributed by atoms with E-state index in [-0.39, 0.29) is 23.4 Å². The van der Waals surface area contributed by atoms with E-state index in [0.717, 1.165) is 11.1 Å². The molecule has 0 radical (unpaired) electrons. The predicted octanol–water partition coefficient (Wildman–Crippen LogP) is 4.17. The van der Waals surface area contributed by atoms with Crippen molar-refractivity contribution in [2.75, 3.05) is 20.1 Å². The lowest BCUT2D eigenvalue weighted by Gasteiger charge is -2.64. The molecule has 1 spiro atoms. The summed E-state index contributed by atoms with van der Waals surface area (Å²) in [6.07, 6.45) is 1.37. The van der Waals surface area contributed by atoms with Crippen LogP contribution < -0.4 is 9.47 Å². The number of likely N-dealkylation sites (tertiary alicyclic amines) is 1. The van der Waals surface area contributed by atoms with Crippen molar-refractivity contribution in [1.29, 1.82) is 0 Å². The molecule has 6 rings (SSSR count). The highest BCUT2D eigenvalue weighted by atomic mass is 19.4. The van der Waals surface area contributed by atoms with E-state index in [0.29, 0.717) is 50.1 Å². The normalized spacial score (nSPS) is 30.5. The van der Waals surface area contributed by atoms with Gasteiger partial charge in [-0.1, -0.05) is 24.3 Å². The molecular formula is C30H31F3N2O5. The fraction of sp³-hybridized carbons (Fsp3) is 0.433. The van der Waals surface area contributed by atoms with Crippen molar-refractivity contribution in [3.05, 3.63) is 71.8 Å². The third-order valence-electron chi connectivity index (χ3n) is 9.26. The van der Waals surface area contributed by atoms with E-state index in [9.17, 15) is 28.2 Å². The minimum atomic E-state index is -4.81. The molecule has 4 aliphatic rings. The van der Waals surface area contributed by atoms with Crippen LogP contribution in [-0.4, -0.2) is 76.2 Å². The first kappa shape index (κ1) is 26.7. The molecule has 2 aliphatic carbocycles. The van der Waals surface area contributed by atoms with Crippen LogP contribution in [0.2, 0.25) is 0 Å². The summed E-state index contributed by atoms with van der Waals surface area (Å²) in [4.78, 5) is 17.2. The smallest absolute Gasteiger partial charge is 0.504 e. The van der Waals surface area contributed by atoms with Crippen LogP contribution in [0.1, 0.15) is 36.0 Å². The van der Waals surface area contributed by atoms with Gasteiger partial charge in [0, 0.05) is 31.3 Å². The molecule has 0 aromatic heterocycles. The monoisotopic (exact) mass is 556 g/mol. The number of halogens is 3. The molecule has 2 bridgehead atoms. The molecule has 2 heterocycles. The van der Waals surface area contributed by atoms with Crippen LogP contribution in [0, 0.1) is 0 Å². The van der Waals surface area contributed by atoms with Gasteiger partial charge in [0.15, 0.2) is 11.5 Å².